The Balaban J connectivity index is 0.00000387. The third kappa shape index (κ3) is 6.14. The van der Waals surface area contributed by atoms with Gasteiger partial charge in [-0.25, -0.2) is 14.4 Å². The van der Waals surface area contributed by atoms with Gasteiger partial charge in [-0.2, -0.15) is 13.2 Å². The Morgan fingerprint density at radius 1 is 1.00 bits per heavy atom. The van der Waals surface area contributed by atoms with Gasteiger partial charge in [0.1, 0.15) is 6.61 Å². The number of anilines is 1. The molecule has 1 atom stereocenters. The first-order valence-electron chi connectivity index (χ1n) is 11.8. The summed E-state index contributed by atoms with van der Waals surface area (Å²) in [7, 11) is 0. The van der Waals surface area contributed by atoms with E-state index in [9.17, 15) is 37.5 Å². The molecule has 1 aliphatic rings. The third-order valence-corrected chi connectivity index (χ3v) is 6.32. The number of fused-ring (bicyclic) bond motifs is 1. The average molecular weight is 576 g/mol. The molecule has 1 amide bonds. The number of carbonyl (C=O) groups is 3. The molecule has 2 heterocycles. The van der Waals surface area contributed by atoms with Crippen LogP contribution in [0.4, 0.5) is 23.7 Å². The number of pyridine rings is 1. The topological polar surface area (TPSA) is 126 Å². The van der Waals surface area contributed by atoms with Crippen molar-refractivity contribution in [2.45, 2.75) is 12.3 Å². The predicted molar refractivity (Wildman–Crippen MR) is 143 cm³/mol. The molecule has 1 aliphatic heterocycles. The molecule has 13 heteroatoms. The number of amides is 1. The Labute approximate surface area is 251 Å². The van der Waals surface area contributed by atoms with Crippen molar-refractivity contribution in [2.24, 2.45) is 0 Å². The van der Waals surface area contributed by atoms with E-state index < -0.39 is 41.4 Å². The summed E-state index contributed by atoms with van der Waals surface area (Å²) in [6.07, 6.45) is -6.26. The van der Waals surface area contributed by atoms with Gasteiger partial charge in [0, 0.05) is 22.3 Å². The van der Waals surface area contributed by atoms with Crippen LogP contribution in [0, 0.1) is 0 Å². The second kappa shape index (κ2) is 11.8. The number of aromatic carboxylic acids is 1. The molecule has 5 rings (SSSR count). The molecule has 0 aliphatic carbocycles. The number of aromatic amines is 1. The normalized spacial score (nSPS) is 14.9. The number of H-pyrrole nitrogens is 1. The number of hydrogen-bond donors (Lipinski definition) is 2. The van der Waals surface area contributed by atoms with Crippen LogP contribution in [0.5, 0.6) is 0 Å². The number of aromatic nitrogens is 1. The molecule has 9 nitrogen and oxygen atoms in total. The van der Waals surface area contributed by atoms with E-state index in [-0.39, 0.29) is 76.2 Å². The van der Waals surface area contributed by atoms with E-state index in [1.54, 1.807) is 0 Å². The van der Waals surface area contributed by atoms with E-state index in [0.29, 0.717) is 5.39 Å². The van der Waals surface area contributed by atoms with E-state index in [1.165, 1.54) is 71.6 Å². The van der Waals surface area contributed by atoms with Crippen LogP contribution in [-0.2, 0) is 15.7 Å². The molecule has 0 radical (unpaired) electrons. The van der Waals surface area contributed by atoms with Crippen molar-refractivity contribution in [3.05, 3.63) is 99.8 Å². The maximum absolute atomic E-state index is 13.5. The van der Waals surface area contributed by atoms with Crippen LogP contribution in [0.15, 0.2) is 77.6 Å². The molecule has 206 valence electrons. The number of ether oxygens (including phenoxy) is 2. The van der Waals surface area contributed by atoms with E-state index in [4.69, 9.17) is 9.47 Å². The minimum atomic E-state index is -4.62. The van der Waals surface area contributed by atoms with Gasteiger partial charge >= 0.3 is 53.8 Å². The van der Waals surface area contributed by atoms with Crippen molar-refractivity contribution in [1.29, 1.82) is 0 Å². The number of nitrogens with one attached hydrogen (secondary N) is 1. The Kier molecular flexibility index (Phi) is 8.57. The number of nitrogens with zero attached hydrogens (tertiary/aromatic N) is 1. The summed E-state index contributed by atoms with van der Waals surface area (Å²) in [5, 5.41) is 9.74. The van der Waals surface area contributed by atoms with Crippen molar-refractivity contribution in [3.63, 3.8) is 0 Å². The predicted octanol–water partition coefficient (Wildman–Crippen LogP) is 4.45. The van der Waals surface area contributed by atoms with E-state index in [0.717, 1.165) is 6.07 Å². The monoisotopic (exact) mass is 576 g/mol. The van der Waals surface area contributed by atoms with Crippen LogP contribution < -0.4 is 10.5 Å². The SMILES string of the molecule is O=C(O)c1ccccc1C(=O)OC[C@H]1CN(c2ccc3cc(-c4ccccc4C(F)(F)F)[nH]c(=O)c3c2)C(=O)O1.[NaH]. The number of rotatable bonds is 6. The fourth-order valence-corrected chi connectivity index (χ4v) is 4.44. The summed E-state index contributed by atoms with van der Waals surface area (Å²) in [5.41, 5.74) is -1.82. The Morgan fingerprint density at radius 2 is 1.68 bits per heavy atom. The molecule has 0 spiro atoms. The van der Waals surface area contributed by atoms with Gasteiger partial charge < -0.3 is 19.6 Å². The number of halogens is 3. The van der Waals surface area contributed by atoms with Crippen LogP contribution in [0.25, 0.3) is 22.0 Å². The molecule has 0 unspecified atom stereocenters. The molecule has 1 aromatic heterocycles. The van der Waals surface area contributed by atoms with Crippen molar-refractivity contribution in [3.8, 4) is 11.3 Å². The molecule has 41 heavy (non-hydrogen) atoms. The summed E-state index contributed by atoms with van der Waals surface area (Å²) in [5.74, 6) is -2.19. The molecule has 4 aromatic rings. The average Bonchev–Trinajstić information content (AvgIpc) is 3.31. The Bertz CT molecular complexity index is 1720. The van der Waals surface area contributed by atoms with E-state index >= 15 is 0 Å². The first kappa shape index (κ1) is 29.8. The van der Waals surface area contributed by atoms with Gasteiger partial charge in [-0.3, -0.25) is 9.69 Å². The molecule has 3 aromatic carbocycles. The second-order valence-electron chi connectivity index (χ2n) is 8.89. The maximum atomic E-state index is 13.5. The van der Waals surface area contributed by atoms with E-state index in [1.807, 2.05) is 0 Å². The van der Waals surface area contributed by atoms with Gasteiger partial charge in [0.15, 0.2) is 6.10 Å². The zero-order chi connectivity index (χ0) is 28.6. The summed E-state index contributed by atoms with van der Waals surface area (Å²) < 4.78 is 50.9. The minimum absolute atomic E-state index is 0. The molecular weight excluding hydrogens is 556 g/mol. The van der Waals surface area contributed by atoms with Crippen LogP contribution in [0.3, 0.4) is 0 Å². The fraction of sp³-hybridized carbons (Fsp3) is 0.143. The van der Waals surface area contributed by atoms with Crippen LogP contribution in [-0.4, -0.2) is 76.9 Å². The zero-order valence-corrected chi connectivity index (χ0v) is 20.4. The molecular formula is C28H20F3N2NaO7. The summed E-state index contributed by atoms with van der Waals surface area (Å²) in [6, 6.07) is 16.3. The van der Waals surface area contributed by atoms with Gasteiger partial charge in [-0.15, -0.1) is 0 Å². The first-order chi connectivity index (χ1) is 19.0. The Morgan fingerprint density at radius 3 is 2.39 bits per heavy atom. The van der Waals surface area contributed by atoms with Crippen LogP contribution in [0.2, 0.25) is 0 Å². The number of carboxylic acid groups (broad SMARTS) is 1. The number of alkyl halides is 3. The molecule has 0 saturated carbocycles. The second-order valence-corrected chi connectivity index (χ2v) is 8.89. The number of carboxylic acids is 1. The van der Waals surface area contributed by atoms with Gasteiger partial charge in [-0.05, 0) is 41.8 Å². The Hall–Kier alpha value is -4.13. The number of hydrogen-bond acceptors (Lipinski definition) is 6. The van der Waals surface area contributed by atoms with Gasteiger partial charge in [-0.1, -0.05) is 36.4 Å². The van der Waals surface area contributed by atoms with Crippen molar-refractivity contribution >= 4 is 64.0 Å². The van der Waals surface area contributed by atoms with Crippen LogP contribution in [0.1, 0.15) is 26.3 Å². The summed E-state index contributed by atoms with van der Waals surface area (Å²) >= 11 is 0. The molecule has 1 fully saturated rings. The number of benzene rings is 3. The molecule has 1 saturated heterocycles. The first-order valence-corrected chi connectivity index (χ1v) is 11.8. The molecule has 2 N–H and O–H groups in total. The summed E-state index contributed by atoms with van der Waals surface area (Å²) in [4.78, 5) is 52.8. The zero-order valence-electron chi connectivity index (χ0n) is 20.4. The van der Waals surface area contributed by atoms with Gasteiger partial charge in [0.05, 0.1) is 23.2 Å². The number of cyclic esters (lactones) is 1. The van der Waals surface area contributed by atoms with Gasteiger partial charge in [0.25, 0.3) is 5.56 Å². The van der Waals surface area contributed by atoms with Crippen molar-refractivity contribution < 1.29 is 42.1 Å². The number of carbonyl (C=O) groups excluding carboxylic acids is 2. The fourth-order valence-electron chi connectivity index (χ4n) is 4.44. The quantitative estimate of drug-likeness (QED) is 0.257. The van der Waals surface area contributed by atoms with Crippen molar-refractivity contribution in [2.75, 3.05) is 18.1 Å². The molecule has 0 bridgehead atoms. The van der Waals surface area contributed by atoms with Gasteiger partial charge in [0.2, 0.25) is 0 Å². The van der Waals surface area contributed by atoms with Crippen molar-refractivity contribution in [1.82, 2.24) is 4.98 Å². The summed E-state index contributed by atoms with van der Waals surface area (Å²) in [6.45, 7) is -0.377. The number of esters is 1. The van der Waals surface area contributed by atoms with Crippen LogP contribution >= 0.6 is 0 Å². The standard InChI is InChI=1S/C28H19F3N2O7.Na.H/c29-28(30,31)22-8-4-3-7-20(22)23-11-15-9-10-16(12-21(15)24(34)32-23)33-13-17(40-27(33)38)14-39-26(37)19-6-2-1-5-18(19)25(35)36;;/h1-12,17H,13-14H2,(H,32,34)(H,35,36);;/t17-;;/m1../s1. The van der Waals surface area contributed by atoms with E-state index in [2.05, 4.69) is 4.98 Å². The third-order valence-electron chi connectivity index (χ3n) is 6.32.